The van der Waals surface area contributed by atoms with E-state index in [1.54, 1.807) is 0 Å². The van der Waals surface area contributed by atoms with E-state index >= 15 is 0 Å². The first-order valence-corrected chi connectivity index (χ1v) is 6.15. The third-order valence-corrected chi connectivity index (χ3v) is 2.67. The number of nitrogens with one attached hydrogen (secondary N) is 1. The number of carbonyl (C=O) groups is 1. The van der Waals surface area contributed by atoms with Crippen LogP contribution in [0.15, 0.2) is 24.3 Å². The summed E-state index contributed by atoms with van der Waals surface area (Å²) in [5.41, 5.74) is 7.35. The smallest absolute Gasteiger partial charge is 0.224 e. The first kappa shape index (κ1) is 13.7. The van der Waals surface area contributed by atoms with Crippen LogP contribution in [0.5, 0.6) is 0 Å². The van der Waals surface area contributed by atoms with Gasteiger partial charge in [0.15, 0.2) is 0 Å². The SMILES string of the molecule is [CH2]Cc1ccccc1NC(=O)CCCCCN. The van der Waals surface area contributed by atoms with Crippen molar-refractivity contribution in [1.82, 2.24) is 0 Å². The van der Waals surface area contributed by atoms with E-state index in [0.29, 0.717) is 19.4 Å². The summed E-state index contributed by atoms with van der Waals surface area (Å²) in [7, 11) is 0. The fraction of sp³-hybridized carbons (Fsp3) is 0.429. The monoisotopic (exact) mass is 233 g/mol. The maximum atomic E-state index is 11.7. The highest BCUT2D eigenvalue weighted by molar-refractivity contribution is 5.91. The van der Waals surface area contributed by atoms with Crippen LogP contribution in [0.3, 0.4) is 0 Å². The Morgan fingerprint density at radius 2 is 2.00 bits per heavy atom. The van der Waals surface area contributed by atoms with Crippen LogP contribution in [0.2, 0.25) is 0 Å². The Bertz CT molecular complexity index is 350. The molecule has 0 saturated heterocycles. The molecule has 0 unspecified atom stereocenters. The first-order valence-electron chi connectivity index (χ1n) is 6.15. The molecule has 3 N–H and O–H groups in total. The van der Waals surface area contributed by atoms with E-state index in [1.807, 2.05) is 24.3 Å². The van der Waals surface area contributed by atoms with Crippen molar-refractivity contribution in [3.05, 3.63) is 36.8 Å². The van der Waals surface area contributed by atoms with Gasteiger partial charge in [-0.2, -0.15) is 0 Å². The highest BCUT2D eigenvalue weighted by atomic mass is 16.1. The second-order valence-corrected chi connectivity index (χ2v) is 4.05. The minimum atomic E-state index is 0.0721. The average Bonchev–Trinajstić information content (AvgIpc) is 2.35. The Balaban J connectivity index is 2.39. The van der Waals surface area contributed by atoms with Crippen molar-refractivity contribution in [3.63, 3.8) is 0 Å². The van der Waals surface area contributed by atoms with Crippen molar-refractivity contribution in [2.75, 3.05) is 11.9 Å². The van der Waals surface area contributed by atoms with Gasteiger partial charge in [0, 0.05) is 12.1 Å². The lowest BCUT2D eigenvalue weighted by Crippen LogP contribution is -2.12. The van der Waals surface area contributed by atoms with Gasteiger partial charge in [-0.15, -0.1) is 0 Å². The first-order chi connectivity index (χ1) is 8.27. The molecule has 93 valence electrons. The van der Waals surface area contributed by atoms with Crippen LogP contribution in [0.25, 0.3) is 0 Å². The zero-order valence-electron chi connectivity index (χ0n) is 10.2. The second-order valence-electron chi connectivity index (χ2n) is 4.05. The number of benzene rings is 1. The van der Waals surface area contributed by atoms with E-state index in [4.69, 9.17) is 5.73 Å². The van der Waals surface area contributed by atoms with Crippen LogP contribution in [-0.4, -0.2) is 12.5 Å². The zero-order valence-corrected chi connectivity index (χ0v) is 10.2. The summed E-state index contributed by atoms with van der Waals surface area (Å²) in [6.07, 6.45) is 4.15. The largest absolute Gasteiger partial charge is 0.330 e. The Morgan fingerprint density at radius 1 is 1.24 bits per heavy atom. The Morgan fingerprint density at radius 3 is 2.71 bits per heavy atom. The predicted octanol–water partition coefficient (Wildman–Crippen LogP) is 2.52. The normalized spacial score (nSPS) is 10.2. The molecule has 1 amide bonds. The standard InChI is InChI=1S/C14H21N2O/c1-2-12-8-5-6-9-13(12)16-14(17)10-4-3-7-11-15/h5-6,8-9H,1-4,7,10-11,15H2,(H,16,17). The van der Waals surface area contributed by atoms with Gasteiger partial charge < -0.3 is 11.1 Å². The lowest BCUT2D eigenvalue weighted by molar-refractivity contribution is -0.116. The highest BCUT2D eigenvalue weighted by Crippen LogP contribution is 2.15. The van der Waals surface area contributed by atoms with Crippen molar-refractivity contribution < 1.29 is 4.79 Å². The molecular weight excluding hydrogens is 212 g/mol. The minimum Gasteiger partial charge on any atom is -0.330 e. The van der Waals surface area contributed by atoms with Gasteiger partial charge in [-0.1, -0.05) is 24.6 Å². The molecule has 0 atom stereocenters. The van der Waals surface area contributed by atoms with Crippen LogP contribution in [0.1, 0.15) is 31.2 Å². The van der Waals surface area contributed by atoms with Gasteiger partial charge in [0.1, 0.15) is 0 Å². The van der Waals surface area contributed by atoms with Gasteiger partial charge in [0.2, 0.25) is 5.91 Å². The minimum absolute atomic E-state index is 0.0721. The van der Waals surface area contributed by atoms with Crippen molar-refractivity contribution in [3.8, 4) is 0 Å². The van der Waals surface area contributed by atoms with Crippen molar-refractivity contribution in [1.29, 1.82) is 0 Å². The predicted molar refractivity (Wildman–Crippen MR) is 71.7 cm³/mol. The van der Waals surface area contributed by atoms with E-state index in [0.717, 1.165) is 30.5 Å². The lowest BCUT2D eigenvalue weighted by Gasteiger charge is -2.09. The Labute approximate surface area is 103 Å². The van der Waals surface area contributed by atoms with Gasteiger partial charge in [0.05, 0.1) is 0 Å². The number of nitrogens with two attached hydrogens (primary N) is 1. The van der Waals surface area contributed by atoms with Crippen LogP contribution >= 0.6 is 0 Å². The van der Waals surface area contributed by atoms with Crippen molar-refractivity contribution in [2.24, 2.45) is 5.73 Å². The number of anilines is 1. The number of unbranched alkanes of at least 4 members (excludes halogenated alkanes) is 2. The van der Waals surface area contributed by atoms with E-state index in [9.17, 15) is 4.79 Å². The van der Waals surface area contributed by atoms with Crippen molar-refractivity contribution in [2.45, 2.75) is 32.1 Å². The Hall–Kier alpha value is -1.35. The number of carbonyl (C=O) groups excluding carboxylic acids is 1. The van der Waals surface area contributed by atoms with E-state index < -0.39 is 0 Å². The molecule has 0 saturated carbocycles. The molecule has 1 radical (unpaired) electrons. The summed E-state index contributed by atoms with van der Waals surface area (Å²) in [6.45, 7) is 4.55. The number of hydrogen-bond donors (Lipinski definition) is 2. The molecule has 0 heterocycles. The molecular formula is C14H21N2O. The highest BCUT2D eigenvalue weighted by Gasteiger charge is 2.04. The molecule has 0 fully saturated rings. The van der Waals surface area contributed by atoms with Gasteiger partial charge in [-0.3, -0.25) is 4.79 Å². The molecule has 0 bridgehead atoms. The molecule has 0 aromatic heterocycles. The van der Waals surface area contributed by atoms with Gasteiger partial charge in [0.25, 0.3) is 0 Å². The number of para-hydroxylation sites is 1. The van der Waals surface area contributed by atoms with Crippen molar-refractivity contribution >= 4 is 11.6 Å². The molecule has 0 aliphatic rings. The summed E-state index contributed by atoms with van der Waals surface area (Å²) < 4.78 is 0. The van der Waals surface area contributed by atoms with E-state index in [2.05, 4.69) is 12.2 Å². The summed E-state index contributed by atoms with van der Waals surface area (Å²) in [5, 5.41) is 2.93. The molecule has 3 heteroatoms. The number of amides is 1. The molecule has 0 aliphatic carbocycles. The molecule has 0 aliphatic heterocycles. The summed E-state index contributed by atoms with van der Waals surface area (Å²) in [4.78, 5) is 11.7. The van der Waals surface area contributed by atoms with Gasteiger partial charge in [-0.05, 0) is 44.4 Å². The third-order valence-electron chi connectivity index (χ3n) is 2.67. The van der Waals surface area contributed by atoms with Gasteiger partial charge >= 0.3 is 0 Å². The maximum Gasteiger partial charge on any atom is 0.224 e. The van der Waals surface area contributed by atoms with Gasteiger partial charge in [-0.25, -0.2) is 0 Å². The summed E-state index contributed by atoms with van der Waals surface area (Å²) >= 11 is 0. The molecule has 1 aromatic rings. The fourth-order valence-corrected chi connectivity index (χ4v) is 1.68. The average molecular weight is 233 g/mol. The second kappa shape index (κ2) is 7.85. The maximum absolute atomic E-state index is 11.7. The lowest BCUT2D eigenvalue weighted by atomic mass is 10.1. The molecule has 0 spiro atoms. The number of hydrogen-bond acceptors (Lipinski definition) is 2. The molecule has 1 aromatic carbocycles. The van der Waals surface area contributed by atoms with Crippen LogP contribution < -0.4 is 11.1 Å². The Kier molecular flexibility index (Phi) is 6.33. The summed E-state index contributed by atoms with van der Waals surface area (Å²) in [6, 6.07) is 7.77. The zero-order chi connectivity index (χ0) is 12.5. The third kappa shape index (κ3) is 5.00. The summed E-state index contributed by atoms with van der Waals surface area (Å²) in [5.74, 6) is 0.0721. The molecule has 17 heavy (non-hydrogen) atoms. The quantitative estimate of drug-likeness (QED) is 0.711. The van der Waals surface area contributed by atoms with Crippen LogP contribution in [0, 0.1) is 6.92 Å². The van der Waals surface area contributed by atoms with E-state index in [-0.39, 0.29) is 5.91 Å². The van der Waals surface area contributed by atoms with E-state index in [1.165, 1.54) is 0 Å². The molecule has 3 nitrogen and oxygen atoms in total. The molecule has 1 rings (SSSR count). The van der Waals surface area contributed by atoms with Crippen LogP contribution in [-0.2, 0) is 11.2 Å². The fourth-order valence-electron chi connectivity index (χ4n) is 1.68. The van der Waals surface area contributed by atoms with Crippen LogP contribution in [0.4, 0.5) is 5.69 Å². The topological polar surface area (TPSA) is 55.1 Å². The number of rotatable bonds is 7.